The molecule has 0 saturated heterocycles. The van der Waals surface area contributed by atoms with Crippen molar-refractivity contribution in [2.24, 2.45) is 0 Å². The number of halogens is 1. The lowest BCUT2D eigenvalue weighted by atomic mass is 10.2. The van der Waals surface area contributed by atoms with Crippen molar-refractivity contribution in [2.45, 2.75) is 16.7 Å². The summed E-state index contributed by atoms with van der Waals surface area (Å²) in [5.41, 5.74) is 1.55. The van der Waals surface area contributed by atoms with E-state index in [1.165, 1.54) is 36.4 Å². The number of aryl methyl sites for hydroxylation is 1. The lowest BCUT2D eigenvalue weighted by Gasteiger charge is -2.14. The van der Waals surface area contributed by atoms with E-state index in [1.54, 1.807) is 72.8 Å². The average Bonchev–Trinajstić information content (AvgIpc) is 2.86. The van der Waals surface area contributed by atoms with Gasteiger partial charge < -0.3 is 0 Å². The van der Waals surface area contributed by atoms with E-state index in [0.29, 0.717) is 10.6 Å². The van der Waals surface area contributed by atoms with Gasteiger partial charge in [0.1, 0.15) is 15.5 Å². The molecule has 0 radical (unpaired) electrons. The molecule has 1 N–H and O–H groups in total. The summed E-state index contributed by atoms with van der Waals surface area (Å²) in [6.07, 6.45) is 0. The highest BCUT2D eigenvalue weighted by molar-refractivity contribution is 7.90. The topological polar surface area (TPSA) is 83.3 Å². The molecule has 4 rings (SSSR count). The van der Waals surface area contributed by atoms with Gasteiger partial charge >= 0.3 is 25.9 Å². The molecular weight excluding hydrogens is 504 g/mol. The molecule has 0 spiro atoms. The lowest BCUT2D eigenvalue weighted by molar-refractivity contribution is -0.262. The van der Waals surface area contributed by atoms with Crippen molar-refractivity contribution in [1.82, 2.24) is 4.72 Å². The molecule has 0 unspecified atom stereocenters. The minimum atomic E-state index is -4.27. The second-order valence-corrected chi connectivity index (χ2v) is 11.6. The number of benzene rings is 4. The van der Waals surface area contributed by atoms with Crippen molar-refractivity contribution in [3.63, 3.8) is 0 Å². The molecule has 0 saturated carbocycles. The van der Waals surface area contributed by atoms with Gasteiger partial charge in [-0.25, -0.2) is 0 Å². The Morgan fingerprint density at radius 1 is 0.686 bits per heavy atom. The molecule has 9 heteroatoms. The summed E-state index contributed by atoms with van der Waals surface area (Å²) in [4.78, 5) is -0.0454. The molecule has 0 heterocycles. The van der Waals surface area contributed by atoms with Gasteiger partial charge in [0, 0.05) is 5.02 Å². The summed E-state index contributed by atoms with van der Waals surface area (Å²) in [6.45, 7) is 1.88. The van der Waals surface area contributed by atoms with Crippen LogP contribution in [0.1, 0.15) is 11.1 Å². The summed E-state index contributed by atoms with van der Waals surface area (Å²) < 4.78 is 58.2. The number of hydrogen-bond donors (Lipinski definition) is 1. The first kappa shape index (κ1) is 24.7. The van der Waals surface area contributed by atoms with E-state index in [9.17, 15) is 16.8 Å². The SMILES string of the molecule is Cc1ccc([N+](=C(NS(=O)(=O)c2ccccc2)c2ccccc2)S(=O)(=O)c2ccc(Cl)cc2)cc1. The molecule has 35 heavy (non-hydrogen) atoms. The zero-order chi connectivity index (χ0) is 25.1. The first-order chi connectivity index (χ1) is 16.7. The van der Waals surface area contributed by atoms with Crippen LogP contribution in [0, 0.1) is 6.92 Å². The monoisotopic (exact) mass is 525 g/mol. The maximum atomic E-state index is 14.0. The molecule has 6 nitrogen and oxygen atoms in total. The van der Waals surface area contributed by atoms with Gasteiger partial charge in [-0.1, -0.05) is 65.7 Å². The Morgan fingerprint density at radius 3 is 1.80 bits per heavy atom. The molecule has 0 aliphatic rings. The van der Waals surface area contributed by atoms with Crippen LogP contribution in [0.5, 0.6) is 0 Å². The van der Waals surface area contributed by atoms with Crippen LogP contribution in [0.4, 0.5) is 5.69 Å². The zero-order valence-corrected chi connectivity index (χ0v) is 21.1. The Kier molecular flexibility index (Phi) is 7.07. The first-order valence-corrected chi connectivity index (χ1v) is 13.9. The average molecular weight is 526 g/mol. The van der Waals surface area contributed by atoms with Crippen LogP contribution in [0.25, 0.3) is 0 Å². The van der Waals surface area contributed by atoms with Crippen molar-refractivity contribution < 1.29 is 20.8 Å². The van der Waals surface area contributed by atoms with Gasteiger partial charge in [-0.05, 0) is 67.6 Å². The zero-order valence-electron chi connectivity index (χ0n) is 18.7. The van der Waals surface area contributed by atoms with Gasteiger partial charge in [0.2, 0.25) is 0 Å². The van der Waals surface area contributed by atoms with Crippen molar-refractivity contribution in [2.75, 3.05) is 0 Å². The molecule has 4 aromatic rings. The molecule has 0 aliphatic heterocycles. The number of nitrogens with one attached hydrogen (secondary N) is 1. The minimum absolute atomic E-state index is 0.00109. The van der Waals surface area contributed by atoms with Crippen molar-refractivity contribution in [3.8, 4) is 0 Å². The fourth-order valence-corrected chi connectivity index (χ4v) is 6.14. The van der Waals surface area contributed by atoms with E-state index in [-0.39, 0.29) is 21.3 Å². The molecule has 0 aromatic heterocycles. The second kappa shape index (κ2) is 10.0. The van der Waals surface area contributed by atoms with Crippen LogP contribution < -0.4 is 4.72 Å². The predicted octanol–water partition coefficient (Wildman–Crippen LogP) is 5.11. The quantitative estimate of drug-likeness (QED) is 0.215. The summed E-state index contributed by atoms with van der Waals surface area (Å²) in [5.74, 6) is -0.131. The van der Waals surface area contributed by atoms with Crippen molar-refractivity contribution >= 4 is 43.2 Å². The van der Waals surface area contributed by atoms with E-state index in [1.807, 2.05) is 6.92 Å². The maximum absolute atomic E-state index is 14.0. The summed E-state index contributed by atoms with van der Waals surface area (Å²) in [7, 11) is -8.41. The van der Waals surface area contributed by atoms with Crippen LogP contribution >= 0.6 is 11.6 Å². The van der Waals surface area contributed by atoms with Gasteiger partial charge in [0.05, 0.1) is 5.56 Å². The molecule has 0 fully saturated rings. The largest absolute Gasteiger partial charge is 0.335 e. The van der Waals surface area contributed by atoms with Gasteiger partial charge in [0.15, 0.2) is 0 Å². The summed E-state index contributed by atoms with van der Waals surface area (Å²) in [6, 6.07) is 28.7. The Hall–Kier alpha value is -3.46. The molecule has 0 bridgehead atoms. The van der Waals surface area contributed by atoms with Crippen LogP contribution in [0.2, 0.25) is 5.02 Å². The fraction of sp³-hybridized carbons (Fsp3) is 0.0385. The number of hydrogen-bond acceptors (Lipinski definition) is 4. The Balaban J connectivity index is 2.05. The number of rotatable bonds is 6. The van der Waals surface area contributed by atoms with E-state index < -0.39 is 20.0 Å². The van der Waals surface area contributed by atoms with E-state index in [2.05, 4.69) is 4.72 Å². The highest BCUT2D eigenvalue weighted by Crippen LogP contribution is 2.25. The van der Waals surface area contributed by atoms with E-state index in [0.717, 1.165) is 9.54 Å². The van der Waals surface area contributed by atoms with Gasteiger partial charge in [-0.15, -0.1) is 3.98 Å². The normalized spacial score (nSPS) is 12.6. The Morgan fingerprint density at radius 2 is 1.23 bits per heavy atom. The highest BCUT2D eigenvalue weighted by atomic mass is 35.5. The molecule has 0 aliphatic carbocycles. The molecule has 0 amide bonds. The van der Waals surface area contributed by atoms with Crippen molar-refractivity contribution in [1.29, 1.82) is 0 Å². The maximum Gasteiger partial charge on any atom is 0.335 e. The molecular formula is C26H22ClN2O4S2+. The third-order valence-electron chi connectivity index (χ3n) is 5.16. The summed E-state index contributed by atoms with van der Waals surface area (Å²) >= 11 is 5.98. The fourth-order valence-electron chi connectivity index (χ4n) is 3.38. The predicted molar refractivity (Wildman–Crippen MR) is 137 cm³/mol. The van der Waals surface area contributed by atoms with Crippen LogP contribution in [-0.2, 0) is 20.0 Å². The minimum Gasteiger partial charge on any atom is -0.179 e. The third kappa shape index (κ3) is 5.45. The molecule has 0 atom stereocenters. The molecule has 178 valence electrons. The number of sulfonamides is 2. The Labute approximate surface area is 210 Å². The Bertz CT molecular complexity index is 1570. The van der Waals surface area contributed by atoms with E-state index >= 15 is 0 Å². The summed E-state index contributed by atoms with van der Waals surface area (Å²) in [5, 5.41) is 0.378. The van der Waals surface area contributed by atoms with Crippen LogP contribution in [-0.4, -0.2) is 26.7 Å². The number of amidine groups is 1. The lowest BCUT2D eigenvalue weighted by Crippen LogP contribution is -2.39. The van der Waals surface area contributed by atoms with Gasteiger partial charge in [0.25, 0.3) is 0 Å². The van der Waals surface area contributed by atoms with Gasteiger partial charge in [-0.3, -0.25) is 0 Å². The first-order valence-electron chi connectivity index (χ1n) is 10.6. The number of nitrogens with zero attached hydrogens (tertiary/aromatic N) is 1. The smallest absolute Gasteiger partial charge is 0.179 e. The highest BCUT2D eigenvalue weighted by Gasteiger charge is 2.35. The third-order valence-corrected chi connectivity index (χ3v) is 8.50. The molecule has 4 aromatic carbocycles. The van der Waals surface area contributed by atoms with Crippen molar-refractivity contribution in [3.05, 3.63) is 125 Å². The van der Waals surface area contributed by atoms with Gasteiger partial charge in [-0.2, -0.15) is 21.6 Å². The standard InChI is InChI=1S/C26H21ClN2O4S2/c1-20-12-16-23(17-13-20)29(35(32,33)25-18-14-22(27)15-19-25)26(21-8-4-2-5-9-21)28-34(30,31)24-10-6-3-7-11-24/h2-19H,1H3/p+1. The van der Waals surface area contributed by atoms with Crippen LogP contribution in [0.15, 0.2) is 119 Å². The van der Waals surface area contributed by atoms with Crippen LogP contribution in [0.3, 0.4) is 0 Å². The van der Waals surface area contributed by atoms with E-state index in [4.69, 9.17) is 11.6 Å². The second-order valence-electron chi connectivity index (χ2n) is 7.69.